The highest BCUT2D eigenvalue weighted by Gasteiger charge is 2.45. The number of imidazole rings is 1. The topological polar surface area (TPSA) is 128 Å². The third-order valence-electron chi connectivity index (χ3n) is 9.41. The second-order valence-electron chi connectivity index (χ2n) is 12.6. The maximum Gasteiger partial charge on any atom is 0.393 e. The van der Waals surface area contributed by atoms with E-state index >= 15 is 0 Å². The molecule has 1 saturated carbocycles. The van der Waals surface area contributed by atoms with Crippen molar-refractivity contribution < 1.29 is 36.3 Å². The first kappa shape index (κ1) is 32.3. The lowest BCUT2D eigenvalue weighted by Gasteiger charge is -2.34. The van der Waals surface area contributed by atoms with Crippen LogP contribution in [0.5, 0.6) is 0 Å². The fourth-order valence-corrected chi connectivity index (χ4v) is 6.96. The molecule has 46 heavy (non-hydrogen) atoms. The molecular weight excluding hydrogens is 615 g/mol. The fourth-order valence-electron chi connectivity index (χ4n) is 6.96. The van der Waals surface area contributed by atoms with E-state index in [1.807, 2.05) is 6.92 Å². The van der Waals surface area contributed by atoms with Gasteiger partial charge in [0.25, 0.3) is 11.7 Å². The molecule has 3 aromatic rings. The highest BCUT2D eigenvalue weighted by atomic mass is 19.4. The number of nitrogens with zero attached hydrogens (tertiary/aromatic N) is 6. The van der Waals surface area contributed by atoms with Crippen molar-refractivity contribution in [2.45, 2.75) is 88.9 Å². The van der Waals surface area contributed by atoms with Crippen LogP contribution in [0.3, 0.4) is 0 Å². The molecule has 0 unspecified atom stereocenters. The van der Waals surface area contributed by atoms with E-state index in [-0.39, 0.29) is 43.1 Å². The fraction of sp³-hybridized carbons (Fsp3) is 0.667. The summed E-state index contributed by atoms with van der Waals surface area (Å²) in [5, 5.41) is 14.2. The standard InChI is InChI=1S/C30H37F5N8O3/c1-2-42-23(5-9-37-42)27(45)39-25(18-4-3-8-29(31,32)14-18)22-16-43-28(38-22)40-24(17-6-10-46-11-7-17)21(41-43)13-19-12-20(30(33,34)35)15-36-26(19)44/h5,9,16-20,25H,2-4,6-8,10-15H2,1H3,(H,36,44)(H,39,45)/t18-,19-,20-,25+/m1/s1. The summed E-state index contributed by atoms with van der Waals surface area (Å²) >= 11 is 0. The number of fused-ring (bicyclic) bond motifs is 1. The Morgan fingerprint density at radius 2 is 2.00 bits per heavy atom. The molecule has 3 aromatic heterocycles. The first-order chi connectivity index (χ1) is 21.9. The maximum atomic E-state index is 14.6. The molecule has 5 heterocycles. The first-order valence-electron chi connectivity index (χ1n) is 15.8. The average Bonchev–Trinajstić information content (AvgIpc) is 3.67. The van der Waals surface area contributed by atoms with Crippen LogP contribution in [0.25, 0.3) is 5.78 Å². The number of rotatable bonds is 8. The monoisotopic (exact) mass is 652 g/mol. The molecular formula is C30H37F5N8O3. The molecule has 2 aliphatic heterocycles. The van der Waals surface area contributed by atoms with E-state index in [1.165, 1.54) is 21.6 Å². The summed E-state index contributed by atoms with van der Waals surface area (Å²) in [6.07, 6.45) is -0.597. The third kappa shape index (κ3) is 6.86. The summed E-state index contributed by atoms with van der Waals surface area (Å²) < 4.78 is 78.4. The molecule has 0 bridgehead atoms. The molecule has 11 nitrogen and oxygen atoms in total. The normalized spacial score (nSPS) is 24.9. The molecule has 250 valence electrons. The minimum absolute atomic E-state index is 0.0580. The predicted octanol–water partition coefficient (Wildman–Crippen LogP) is 4.39. The van der Waals surface area contributed by atoms with Crippen molar-refractivity contribution in [2.75, 3.05) is 19.8 Å². The van der Waals surface area contributed by atoms with E-state index in [0.29, 0.717) is 56.1 Å². The van der Waals surface area contributed by atoms with E-state index in [9.17, 15) is 31.5 Å². The van der Waals surface area contributed by atoms with Crippen molar-refractivity contribution >= 4 is 17.6 Å². The van der Waals surface area contributed by atoms with E-state index < -0.39 is 60.7 Å². The number of amides is 2. The lowest BCUT2D eigenvalue weighted by atomic mass is 9.80. The maximum absolute atomic E-state index is 14.6. The number of alkyl halides is 5. The minimum atomic E-state index is -4.45. The number of hydrogen-bond acceptors (Lipinski definition) is 7. The van der Waals surface area contributed by atoms with E-state index in [2.05, 4.69) is 20.7 Å². The van der Waals surface area contributed by atoms with Gasteiger partial charge < -0.3 is 15.4 Å². The Kier molecular flexibility index (Phi) is 9.00. The van der Waals surface area contributed by atoms with Crippen molar-refractivity contribution in [3.63, 3.8) is 0 Å². The van der Waals surface area contributed by atoms with Gasteiger partial charge in [0, 0.05) is 63.6 Å². The zero-order chi connectivity index (χ0) is 32.6. The van der Waals surface area contributed by atoms with Gasteiger partial charge in [-0.2, -0.15) is 23.4 Å². The first-order valence-corrected chi connectivity index (χ1v) is 15.8. The van der Waals surface area contributed by atoms with Crippen molar-refractivity contribution in [3.8, 4) is 0 Å². The molecule has 0 aromatic carbocycles. The molecule has 0 spiro atoms. The van der Waals surface area contributed by atoms with Crippen molar-refractivity contribution in [1.82, 2.24) is 40.0 Å². The van der Waals surface area contributed by atoms with Gasteiger partial charge in [-0.1, -0.05) is 0 Å². The average molecular weight is 653 g/mol. The summed E-state index contributed by atoms with van der Waals surface area (Å²) in [6.45, 7) is 2.73. The predicted molar refractivity (Wildman–Crippen MR) is 153 cm³/mol. The number of carbonyl (C=O) groups is 2. The van der Waals surface area contributed by atoms with Gasteiger partial charge >= 0.3 is 6.18 Å². The zero-order valence-electron chi connectivity index (χ0n) is 25.4. The second-order valence-corrected chi connectivity index (χ2v) is 12.6. The molecule has 3 fully saturated rings. The largest absolute Gasteiger partial charge is 0.393 e. The molecule has 0 radical (unpaired) electrons. The van der Waals surface area contributed by atoms with Gasteiger partial charge in [0.15, 0.2) is 0 Å². The van der Waals surface area contributed by atoms with Gasteiger partial charge in [-0.25, -0.2) is 23.3 Å². The Balaban J connectivity index is 1.37. The van der Waals surface area contributed by atoms with Crippen LogP contribution in [0.2, 0.25) is 0 Å². The highest BCUT2D eigenvalue weighted by Crippen LogP contribution is 2.42. The Labute approximate surface area is 261 Å². The zero-order valence-corrected chi connectivity index (χ0v) is 25.4. The van der Waals surface area contributed by atoms with Crippen LogP contribution in [0.4, 0.5) is 22.0 Å². The number of aryl methyl sites for hydroxylation is 1. The van der Waals surface area contributed by atoms with Gasteiger partial charge in [-0.05, 0) is 51.0 Å². The number of halogens is 5. The summed E-state index contributed by atoms with van der Waals surface area (Å²) in [7, 11) is 0. The van der Waals surface area contributed by atoms with Crippen LogP contribution in [0.1, 0.15) is 91.4 Å². The Bertz CT molecular complexity index is 1570. The van der Waals surface area contributed by atoms with Crippen LogP contribution in [-0.4, -0.2) is 73.0 Å². The van der Waals surface area contributed by atoms with Gasteiger partial charge in [0.05, 0.1) is 35.2 Å². The van der Waals surface area contributed by atoms with Gasteiger partial charge in [0.1, 0.15) is 5.69 Å². The SMILES string of the molecule is CCn1nccc1C(=O)N[C@H](c1cn2nc(C[C@H]3C[C@@H](C(F)(F)F)CNC3=O)c(C3CCOCC3)nc2n1)[C@@H]1CCCC(F)(F)C1. The number of ether oxygens (including phenoxy) is 1. The summed E-state index contributed by atoms with van der Waals surface area (Å²) in [5.74, 6) is -7.06. The lowest BCUT2D eigenvalue weighted by Crippen LogP contribution is -2.47. The lowest BCUT2D eigenvalue weighted by molar-refractivity contribution is -0.183. The molecule has 2 N–H and O–H groups in total. The summed E-state index contributed by atoms with van der Waals surface area (Å²) in [5.41, 5.74) is 1.48. The van der Waals surface area contributed by atoms with Gasteiger partial charge in [0.2, 0.25) is 11.8 Å². The summed E-state index contributed by atoms with van der Waals surface area (Å²) in [4.78, 5) is 35.6. The molecule has 3 aliphatic rings. The van der Waals surface area contributed by atoms with Crippen LogP contribution < -0.4 is 10.6 Å². The molecule has 2 saturated heterocycles. The number of piperidine rings is 1. The van der Waals surface area contributed by atoms with Crippen molar-refractivity contribution in [1.29, 1.82) is 0 Å². The molecule has 1 aliphatic carbocycles. The number of hydrogen-bond donors (Lipinski definition) is 2. The second kappa shape index (κ2) is 12.8. The van der Waals surface area contributed by atoms with Crippen LogP contribution in [0, 0.1) is 17.8 Å². The van der Waals surface area contributed by atoms with E-state index in [0.717, 1.165) is 0 Å². The Morgan fingerprint density at radius 3 is 2.72 bits per heavy atom. The molecule has 6 rings (SSSR count). The van der Waals surface area contributed by atoms with E-state index in [1.54, 1.807) is 6.07 Å². The van der Waals surface area contributed by atoms with Gasteiger partial charge in [-0.15, -0.1) is 0 Å². The van der Waals surface area contributed by atoms with Gasteiger partial charge in [-0.3, -0.25) is 14.3 Å². The van der Waals surface area contributed by atoms with E-state index in [4.69, 9.17) is 14.8 Å². The van der Waals surface area contributed by atoms with Crippen LogP contribution in [-0.2, 0) is 22.5 Å². The van der Waals surface area contributed by atoms with Crippen molar-refractivity contribution in [2.24, 2.45) is 17.8 Å². The number of nitrogens with one attached hydrogen (secondary N) is 2. The molecule has 16 heteroatoms. The quantitative estimate of drug-likeness (QED) is 0.346. The Morgan fingerprint density at radius 1 is 1.22 bits per heavy atom. The third-order valence-corrected chi connectivity index (χ3v) is 9.41. The minimum Gasteiger partial charge on any atom is -0.381 e. The molecule has 2 amide bonds. The number of carbonyl (C=O) groups excluding carboxylic acids is 2. The highest BCUT2D eigenvalue weighted by molar-refractivity contribution is 5.92. The number of aromatic nitrogens is 6. The summed E-state index contributed by atoms with van der Waals surface area (Å²) in [6, 6.07) is 0.657. The smallest absolute Gasteiger partial charge is 0.381 e. The Hall–Kier alpha value is -3.69. The van der Waals surface area contributed by atoms with Crippen LogP contribution in [0.15, 0.2) is 18.5 Å². The molecule has 4 atom stereocenters. The van der Waals surface area contributed by atoms with Crippen molar-refractivity contribution in [3.05, 3.63) is 41.2 Å². The van der Waals surface area contributed by atoms with Crippen LogP contribution >= 0.6 is 0 Å².